The molecule has 0 bridgehead atoms. The van der Waals surface area contributed by atoms with E-state index in [9.17, 15) is 4.79 Å². The van der Waals surface area contributed by atoms with Crippen molar-refractivity contribution in [2.24, 2.45) is 19.8 Å². The van der Waals surface area contributed by atoms with Gasteiger partial charge in [-0.05, 0) is 17.7 Å². The summed E-state index contributed by atoms with van der Waals surface area (Å²) in [7, 11) is 3.58. The Morgan fingerprint density at radius 2 is 2.05 bits per heavy atom. The number of aryl methyl sites for hydroxylation is 2. The molecular formula is C14H15N5O. The zero-order chi connectivity index (χ0) is 14.3. The molecule has 0 spiro atoms. The summed E-state index contributed by atoms with van der Waals surface area (Å²) in [5.41, 5.74) is 9.87. The standard InChI is InChI=1S/C14H15N5O/c1-18-8-16-11-5-9(3-4-12(11)18)14-10(7-15)6-13(20)19(2)17-14/h3-6,8H,7,15H2,1-2H3. The Kier molecular flexibility index (Phi) is 2.87. The van der Waals surface area contributed by atoms with E-state index in [0.29, 0.717) is 0 Å². The molecule has 2 N–H and O–H groups in total. The SMILES string of the molecule is Cn1nc(-c2ccc3c(c2)ncn3C)c(CN)cc1=O. The number of hydrogen-bond donors (Lipinski definition) is 1. The van der Waals surface area contributed by atoms with Crippen LogP contribution >= 0.6 is 0 Å². The van der Waals surface area contributed by atoms with Gasteiger partial charge in [0.05, 0.1) is 23.1 Å². The molecule has 2 aromatic heterocycles. The van der Waals surface area contributed by atoms with Crippen LogP contribution in [0.2, 0.25) is 0 Å². The van der Waals surface area contributed by atoms with E-state index in [-0.39, 0.29) is 12.1 Å². The average Bonchev–Trinajstić information content (AvgIpc) is 2.82. The minimum Gasteiger partial charge on any atom is -0.334 e. The van der Waals surface area contributed by atoms with E-state index in [1.54, 1.807) is 13.4 Å². The lowest BCUT2D eigenvalue weighted by molar-refractivity contribution is 0.704. The molecule has 0 aliphatic heterocycles. The Labute approximate surface area is 115 Å². The lowest BCUT2D eigenvalue weighted by Crippen LogP contribution is -2.21. The van der Waals surface area contributed by atoms with Crippen molar-refractivity contribution >= 4 is 11.0 Å². The summed E-state index contributed by atoms with van der Waals surface area (Å²) in [6.07, 6.45) is 1.77. The van der Waals surface area contributed by atoms with E-state index in [1.165, 1.54) is 10.7 Å². The molecule has 3 aromatic rings. The Morgan fingerprint density at radius 3 is 2.80 bits per heavy atom. The summed E-state index contributed by atoms with van der Waals surface area (Å²) in [5.74, 6) is 0. The molecule has 0 aliphatic carbocycles. The first-order valence-corrected chi connectivity index (χ1v) is 6.29. The van der Waals surface area contributed by atoms with Gasteiger partial charge in [-0.15, -0.1) is 0 Å². The molecule has 0 saturated carbocycles. The van der Waals surface area contributed by atoms with Gasteiger partial charge in [0.15, 0.2) is 0 Å². The minimum absolute atomic E-state index is 0.159. The van der Waals surface area contributed by atoms with Crippen molar-refractivity contribution in [1.29, 1.82) is 0 Å². The number of fused-ring (bicyclic) bond motifs is 1. The summed E-state index contributed by atoms with van der Waals surface area (Å²) in [6.45, 7) is 0.276. The molecule has 6 nitrogen and oxygen atoms in total. The third-order valence-electron chi connectivity index (χ3n) is 3.39. The predicted molar refractivity (Wildman–Crippen MR) is 77.1 cm³/mol. The van der Waals surface area contributed by atoms with Crippen molar-refractivity contribution in [2.45, 2.75) is 6.54 Å². The Hall–Kier alpha value is -2.47. The maximum absolute atomic E-state index is 11.6. The molecule has 0 atom stereocenters. The number of hydrogen-bond acceptors (Lipinski definition) is 4. The third kappa shape index (κ3) is 1.90. The summed E-state index contributed by atoms with van der Waals surface area (Å²) >= 11 is 0. The van der Waals surface area contributed by atoms with Crippen LogP contribution < -0.4 is 11.3 Å². The van der Waals surface area contributed by atoms with Crippen molar-refractivity contribution in [1.82, 2.24) is 19.3 Å². The highest BCUT2D eigenvalue weighted by atomic mass is 16.1. The van der Waals surface area contributed by atoms with E-state index in [0.717, 1.165) is 27.9 Å². The lowest BCUT2D eigenvalue weighted by atomic mass is 10.1. The highest BCUT2D eigenvalue weighted by molar-refractivity contribution is 5.81. The number of benzene rings is 1. The second kappa shape index (κ2) is 4.57. The second-order valence-corrected chi connectivity index (χ2v) is 4.74. The Balaban J connectivity index is 2.24. The van der Waals surface area contributed by atoms with Gasteiger partial charge in [-0.3, -0.25) is 4.79 Å². The molecule has 6 heteroatoms. The normalized spacial score (nSPS) is 11.2. The summed E-state index contributed by atoms with van der Waals surface area (Å²) < 4.78 is 3.27. The summed E-state index contributed by atoms with van der Waals surface area (Å²) in [4.78, 5) is 16.0. The van der Waals surface area contributed by atoms with Crippen LogP contribution in [0.5, 0.6) is 0 Å². The lowest BCUT2D eigenvalue weighted by Gasteiger charge is -2.08. The van der Waals surface area contributed by atoms with Crippen LogP contribution in [-0.2, 0) is 20.6 Å². The fourth-order valence-corrected chi connectivity index (χ4v) is 2.26. The van der Waals surface area contributed by atoms with Gasteiger partial charge in [0.25, 0.3) is 5.56 Å². The van der Waals surface area contributed by atoms with Crippen molar-refractivity contribution < 1.29 is 0 Å². The Morgan fingerprint density at radius 1 is 1.25 bits per heavy atom. The predicted octanol–water partition coefficient (Wildman–Crippen LogP) is 0.793. The second-order valence-electron chi connectivity index (χ2n) is 4.74. The first kappa shape index (κ1) is 12.6. The number of nitrogens with two attached hydrogens (primary N) is 1. The van der Waals surface area contributed by atoms with Gasteiger partial charge in [-0.1, -0.05) is 6.07 Å². The number of aromatic nitrogens is 4. The molecule has 0 amide bonds. The van der Waals surface area contributed by atoms with E-state index < -0.39 is 0 Å². The van der Waals surface area contributed by atoms with Crippen LogP contribution in [-0.4, -0.2) is 19.3 Å². The molecule has 0 radical (unpaired) electrons. The van der Waals surface area contributed by atoms with Crippen LogP contribution in [0.3, 0.4) is 0 Å². The molecule has 3 rings (SSSR count). The van der Waals surface area contributed by atoms with E-state index >= 15 is 0 Å². The van der Waals surface area contributed by atoms with E-state index in [1.807, 2.05) is 29.8 Å². The topological polar surface area (TPSA) is 78.7 Å². The van der Waals surface area contributed by atoms with E-state index in [2.05, 4.69) is 10.1 Å². The first-order valence-electron chi connectivity index (χ1n) is 6.29. The first-order chi connectivity index (χ1) is 9.60. The maximum atomic E-state index is 11.6. The molecule has 0 unspecified atom stereocenters. The van der Waals surface area contributed by atoms with Crippen molar-refractivity contribution in [3.8, 4) is 11.3 Å². The van der Waals surface area contributed by atoms with Gasteiger partial charge in [-0.25, -0.2) is 9.67 Å². The van der Waals surface area contributed by atoms with Gasteiger partial charge in [-0.2, -0.15) is 5.10 Å². The van der Waals surface area contributed by atoms with Crippen molar-refractivity contribution in [3.05, 3.63) is 46.5 Å². The van der Waals surface area contributed by atoms with Crippen LogP contribution in [0.4, 0.5) is 0 Å². The van der Waals surface area contributed by atoms with Crippen molar-refractivity contribution in [2.75, 3.05) is 0 Å². The smallest absolute Gasteiger partial charge is 0.266 e. The van der Waals surface area contributed by atoms with Gasteiger partial charge in [0, 0.05) is 32.3 Å². The van der Waals surface area contributed by atoms with Gasteiger partial charge in [0.1, 0.15) is 0 Å². The quantitative estimate of drug-likeness (QED) is 0.746. The average molecular weight is 269 g/mol. The molecule has 0 saturated heterocycles. The molecule has 20 heavy (non-hydrogen) atoms. The zero-order valence-electron chi connectivity index (χ0n) is 11.4. The molecular weight excluding hydrogens is 254 g/mol. The fourth-order valence-electron chi connectivity index (χ4n) is 2.26. The summed E-state index contributed by atoms with van der Waals surface area (Å²) in [5, 5.41) is 4.32. The zero-order valence-corrected chi connectivity index (χ0v) is 11.4. The highest BCUT2D eigenvalue weighted by Gasteiger charge is 2.10. The highest BCUT2D eigenvalue weighted by Crippen LogP contribution is 2.23. The molecule has 1 aromatic carbocycles. The molecule has 0 fully saturated rings. The van der Waals surface area contributed by atoms with E-state index in [4.69, 9.17) is 5.73 Å². The van der Waals surface area contributed by atoms with Crippen LogP contribution in [0.15, 0.2) is 35.4 Å². The Bertz CT molecular complexity index is 846. The number of imidazole rings is 1. The van der Waals surface area contributed by atoms with Crippen LogP contribution in [0.25, 0.3) is 22.3 Å². The van der Waals surface area contributed by atoms with Gasteiger partial charge >= 0.3 is 0 Å². The molecule has 0 aliphatic rings. The van der Waals surface area contributed by atoms with Crippen molar-refractivity contribution in [3.63, 3.8) is 0 Å². The number of rotatable bonds is 2. The maximum Gasteiger partial charge on any atom is 0.266 e. The number of nitrogens with zero attached hydrogens (tertiary/aromatic N) is 4. The molecule has 102 valence electrons. The minimum atomic E-state index is -0.159. The van der Waals surface area contributed by atoms with Gasteiger partial charge in [0.2, 0.25) is 0 Å². The fraction of sp³-hybridized carbons (Fsp3) is 0.214. The van der Waals surface area contributed by atoms with Crippen LogP contribution in [0.1, 0.15) is 5.56 Å². The summed E-state index contributed by atoms with van der Waals surface area (Å²) in [6, 6.07) is 7.45. The largest absolute Gasteiger partial charge is 0.334 e. The third-order valence-corrected chi connectivity index (χ3v) is 3.39. The molecule has 2 heterocycles. The van der Waals surface area contributed by atoms with Gasteiger partial charge < -0.3 is 10.3 Å². The monoisotopic (exact) mass is 269 g/mol. The van der Waals surface area contributed by atoms with Crippen LogP contribution in [0, 0.1) is 0 Å².